The van der Waals surface area contributed by atoms with Crippen LogP contribution in [0.1, 0.15) is 61.8 Å². The second-order valence-corrected chi connectivity index (χ2v) is 9.97. The lowest BCUT2D eigenvalue weighted by Crippen LogP contribution is -2.35. The first-order chi connectivity index (χ1) is 17.9. The van der Waals surface area contributed by atoms with Crippen LogP contribution in [0.25, 0.3) is 0 Å². The summed E-state index contributed by atoms with van der Waals surface area (Å²) >= 11 is 0. The Bertz CT molecular complexity index is 1140. The van der Waals surface area contributed by atoms with Gasteiger partial charge in [-0.05, 0) is 68.9 Å². The van der Waals surface area contributed by atoms with Crippen LogP contribution >= 0.6 is 0 Å². The molecule has 4 aliphatic rings. The van der Waals surface area contributed by atoms with E-state index in [1.807, 2.05) is 12.2 Å². The molecule has 0 N–H and O–H groups in total. The highest BCUT2D eigenvalue weighted by Crippen LogP contribution is 2.43. The summed E-state index contributed by atoms with van der Waals surface area (Å²) in [5.41, 5.74) is -1.72. The highest BCUT2D eigenvalue weighted by atomic mass is 19.4. The molecule has 0 aromatic heterocycles. The Hall–Kier alpha value is -2.95. The molecule has 1 aromatic carbocycles. The van der Waals surface area contributed by atoms with Crippen molar-refractivity contribution < 1.29 is 45.3 Å². The number of nitrogens with zero attached hydrogens (tertiary/aromatic N) is 1. The normalized spacial score (nSPS) is 28.4. The number of carbonyl (C=O) groups excluding carboxylic acids is 1. The summed E-state index contributed by atoms with van der Waals surface area (Å²) in [7, 11) is 0. The molecule has 5 nitrogen and oxygen atoms in total. The molecule has 3 aliphatic heterocycles. The molecule has 1 amide bonds. The van der Waals surface area contributed by atoms with E-state index in [2.05, 4.69) is 0 Å². The zero-order valence-electron chi connectivity index (χ0n) is 20.5. The minimum absolute atomic E-state index is 0.0914. The number of hydrogen-bond donors (Lipinski definition) is 0. The highest BCUT2D eigenvalue weighted by Gasteiger charge is 2.48. The van der Waals surface area contributed by atoms with E-state index >= 15 is 0 Å². The van der Waals surface area contributed by atoms with Gasteiger partial charge in [-0.2, -0.15) is 26.3 Å². The number of fused-ring (bicyclic) bond motifs is 1. The molecule has 5 atom stereocenters. The predicted octanol–water partition coefficient (Wildman–Crippen LogP) is 7.31. The second-order valence-electron chi connectivity index (χ2n) is 9.97. The third kappa shape index (κ3) is 5.17. The van der Waals surface area contributed by atoms with Gasteiger partial charge in [0.2, 0.25) is 6.29 Å². The maximum atomic E-state index is 13.4. The summed E-state index contributed by atoms with van der Waals surface area (Å²) < 4.78 is 98.1. The number of halogens is 6. The third-order valence-electron chi connectivity index (χ3n) is 7.52. The van der Waals surface area contributed by atoms with Crippen LogP contribution in [-0.4, -0.2) is 36.0 Å². The number of rotatable bonds is 5. The van der Waals surface area contributed by atoms with E-state index in [0.717, 1.165) is 32.1 Å². The van der Waals surface area contributed by atoms with Crippen LogP contribution in [-0.2, 0) is 26.6 Å². The Morgan fingerprint density at radius 3 is 2.37 bits per heavy atom. The van der Waals surface area contributed by atoms with Crippen molar-refractivity contribution in [1.29, 1.82) is 0 Å². The number of hydrogen-bond acceptors (Lipinski definition) is 4. The number of ether oxygens (including phenoxy) is 3. The first-order valence-electron chi connectivity index (χ1n) is 12.6. The van der Waals surface area contributed by atoms with Gasteiger partial charge in [0.1, 0.15) is 6.10 Å². The van der Waals surface area contributed by atoms with E-state index in [4.69, 9.17) is 14.2 Å². The molecule has 0 bridgehead atoms. The van der Waals surface area contributed by atoms with Gasteiger partial charge >= 0.3 is 18.4 Å². The molecule has 1 aromatic rings. The molecule has 11 heteroatoms. The van der Waals surface area contributed by atoms with Gasteiger partial charge in [-0.1, -0.05) is 12.2 Å². The zero-order valence-corrected chi connectivity index (χ0v) is 20.5. The van der Waals surface area contributed by atoms with Crippen LogP contribution in [0.5, 0.6) is 0 Å². The Labute approximate surface area is 215 Å². The Morgan fingerprint density at radius 2 is 1.74 bits per heavy atom. The van der Waals surface area contributed by atoms with Crippen LogP contribution in [0.2, 0.25) is 0 Å². The molecule has 2 unspecified atom stereocenters. The molecule has 0 spiro atoms. The van der Waals surface area contributed by atoms with Crippen molar-refractivity contribution in [2.75, 3.05) is 6.54 Å². The molecule has 5 rings (SSSR count). The number of allylic oxidation sites excluding steroid dienone is 2. The average Bonchev–Trinajstić information content (AvgIpc) is 3.47. The van der Waals surface area contributed by atoms with Crippen molar-refractivity contribution in [2.24, 2.45) is 5.92 Å². The van der Waals surface area contributed by atoms with E-state index in [1.54, 1.807) is 11.0 Å². The molecule has 3 heterocycles. The number of alkyl halides is 6. The molecule has 206 valence electrons. The zero-order chi connectivity index (χ0) is 27.2. The lowest BCUT2D eigenvalue weighted by atomic mass is 9.82. The van der Waals surface area contributed by atoms with Crippen molar-refractivity contribution in [3.8, 4) is 0 Å². The first kappa shape index (κ1) is 26.6. The summed E-state index contributed by atoms with van der Waals surface area (Å²) in [4.78, 5) is 14.1. The van der Waals surface area contributed by atoms with Crippen LogP contribution in [0.3, 0.4) is 0 Å². The number of amides is 1. The maximum Gasteiger partial charge on any atom is 0.416 e. The van der Waals surface area contributed by atoms with Crippen molar-refractivity contribution in [3.05, 3.63) is 70.5 Å². The van der Waals surface area contributed by atoms with E-state index < -0.39 is 48.1 Å². The highest BCUT2D eigenvalue weighted by molar-refractivity contribution is 5.72. The van der Waals surface area contributed by atoms with E-state index in [0.29, 0.717) is 29.8 Å². The summed E-state index contributed by atoms with van der Waals surface area (Å²) in [6.07, 6.45) is -1.94. The van der Waals surface area contributed by atoms with Gasteiger partial charge in [0.25, 0.3) is 0 Å². The van der Waals surface area contributed by atoms with Gasteiger partial charge in [-0.3, -0.25) is 0 Å². The first-order valence-corrected chi connectivity index (χ1v) is 12.6. The van der Waals surface area contributed by atoms with Gasteiger partial charge in [-0.15, -0.1) is 0 Å². The van der Waals surface area contributed by atoms with Gasteiger partial charge < -0.3 is 19.1 Å². The molecular formula is C27H27F6NO4. The molecule has 0 radical (unpaired) electrons. The maximum absolute atomic E-state index is 13.4. The lowest BCUT2D eigenvalue weighted by molar-refractivity contribution is -0.143. The minimum Gasteiger partial charge on any atom is -0.468 e. The third-order valence-corrected chi connectivity index (χ3v) is 7.52. The molecule has 2 saturated heterocycles. The molecule has 38 heavy (non-hydrogen) atoms. The monoisotopic (exact) mass is 543 g/mol. The van der Waals surface area contributed by atoms with Crippen LogP contribution in [0, 0.1) is 5.92 Å². The van der Waals surface area contributed by atoms with E-state index in [-0.39, 0.29) is 23.6 Å². The van der Waals surface area contributed by atoms with Crippen molar-refractivity contribution >= 4 is 6.09 Å². The van der Waals surface area contributed by atoms with Gasteiger partial charge in [0, 0.05) is 23.6 Å². The SMILES string of the molecule is C[C@@H](O[C@H]1OC=CC([C@@H]2OC(=O)N3CCCC23)=C1C1C=CCCC1)c1cc(C(F)(F)F)cc(C(F)(F)F)c1. The topological polar surface area (TPSA) is 48.0 Å². The smallest absolute Gasteiger partial charge is 0.416 e. The van der Waals surface area contributed by atoms with Crippen LogP contribution in [0.15, 0.2) is 53.8 Å². The van der Waals surface area contributed by atoms with E-state index in [1.165, 1.54) is 13.2 Å². The molecular weight excluding hydrogens is 516 g/mol. The fourth-order valence-corrected chi connectivity index (χ4v) is 5.65. The summed E-state index contributed by atoms with van der Waals surface area (Å²) in [6, 6.07) is 1.27. The van der Waals surface area contributed by atoms with Gasteiger partial charge in [0.15, 0.2) is 0 Å². The number of benzene rings is 1. The largest absolute Gasteiger partial charge is 0.468 e. The van der Waals surface area contributed by atoms with Gasteiger partial charge in [0.05, 0.1) is 29.5 Å². The summed E-state index contributed by atoms with van der Waals surface area (Å²) in [5.74, 6) is -0.151. The van der Waals surface area contributed by atoms with Crippen LogP contribution < -0.4 is 0 Å². The Balaban J connectivity index is 1.50. The summed E-state index contributed by atoms with van der Waals surface area (Å²) in [5, 5.41) is 0. The summed E-state index contributed by atoms with van der Waals surface area (Å²) in [6.45, 7) is 1.99. The van der Waals surface area contributed by atoms with E-state index in [9.17, 15) is 31.1 Å². The quantitative estimate of drug-likeness (QED) is 0.289. The van der Waals surface area contributed by atoms with Gasteiger partial charge in [-0.25, -0.2) is 4.79 Å². The predicted molar refractivity (Wildman–Crippen MR) is 123 cm³/mol. The van der Waals surface area contributed by atoms with Crippen molar-refractivity contribution in [1.82, 2.24) is 4.90 Å². The van der Waals surface area contributed by atoms with Crippen LogP contribution in [0.4, 0.5) is 31.1 Å². The fourth-order valence-electron chi connectivity index (χ4n) is 5.65. The number of carbonyl (C=O) groups is 1. The fraction of sp³-hybridized carbons (Fsp3) is 0.519. The molecule has 1 aliphatic carbocycles. The Morgan fingerprint density at radius 1 is 1.03 bits per heavy atom. The average molecular weight is 544 g/mol. The molecule has 2 fully saturated rings. The van der Waals surface area contributed by atoms with Crippen molar-refractivity contribution in [2.45, 2.75) is 75.9 Å². The number of cyclic esters (lactones) is 1. The standard InChI is InChI=1S/C27H27F6NO4/c1-15(17-12-18(26(28,29)30)14-19(13-17)27(31,32)33)37-24-22(16-6-3-2-4-7-16)20(9-11-36-24)23-21-8-5-10-34(21)25(35)38-23/h3,6,9,11-16,21,23-24H,2,4-5,7-8,10H2,1H3/t15-,16?,21?,23+,24-/m1/s1. The molecule has 0 saturated carbocycles. The minimum atomic E-state index is -4.97. The Kier molecular flexibility index (Phi) is 7.00. The van der Waals surface area contributed by atoms with Crippen molar-refractivity contribution in [3.63, 3.8) is 0 Å². The second kappa shape index (κ2) is 9.98. The lowest BCUT2D eigenvalue weighted by Gasteiger charge is -2.34.